The van der Waals surface area contributed by atoms with Crippen LogP contribution in [0.3, 0.4) is 0 Å². The van der Waals surface area contributed by atoms with Gasteiger partial charge in [0.15, 0.2) is 23.1 Å². The van der Waals surface area contributed by atoms with E-state index in [1.54, 1.807) is 18.2 Å². The molecule has 2 aliphatic rings. The van der Waals surface area contributed by atoms with E-state index in [1.165, 1.54) is 11.0 Å². The number of hydrogen-bond donors (Lipinski definition) is 1. The lowest BCUT2D eigenvalue weighted by Gasteiger charge is -2.17. The summed E-state index contributed by atoms with van der Waals surface area (Å²) in [5, 5.41) is 2.74. The fraction of sp³-hybridized carbons (Fsp3) is 0.222. The van der Waals surface area contributed by atoms with Crippen LogP contribution in [-0.4, -0.2) is 25.2 Å². The van der Waals surface area contributed by atoms with Crippen LogP contribution in [-0.2, 0) is 9.59 Å². The number of fused-ring (bicyclic) bond motifs is 1. The van der Waals surface area contributed by atoms with E-state index in [1.807, 2.05) is 0 Å². The third kappa shape index (κ3) is 2.94. The molecule has 8 heteroatoms. The molecule has 1 N–H and O–H groups in total. The normalized spacial score (nSPS) is 18.3. The molecule has 0 bridgehead atoms. The largest absolute Gasteiger partial charge is 0.454 e. The predicted octanol–water partition coefficient (Wildman–Crippen LogP) is 2.69. The van der Waals surface area contributed by atoms with Crippen LogP contribution in [0.25, 0.3) is 0 Å². The van der Waals surface area contributed by atoms with Gasteiger partial charge in [-0.2, -0.15) is 0 Å². The molecule has 1 saturated heterocycles. The highest BCUT2D eigenvalue weighted by molar-refractivity contribution is 6.03. The molecule has 1 unspecified atom stereocenters. The van der Waals surface area contributed by atoms with Gasteiger partial charge in [0.1, 0.15) is 0 Å². The van der Waals surface area contributed by atoms with Gasteiger partial charge in [0.25, 0.3) is 0 Å². The Labute approximate surface area is 147 Å². The number of halogens is 2. The van der Waals surface area contributed by atoms with E-state index in [0.29, 0.717) is 17.2 Å². The van der Waals surface area contributed by atoms with E-state index in [0.717, 1.165) is 12.1 Å². The molecule has 2 aromatic rings. The summed E-state index contributed by atoms with van der Waals surface area (Å²) < 4.78 is 36.9. The van der Waals surface area contributed by atoms with Gasteiger partial charge in [-0.05, 0) is 24.3 Å². The quantitative estimate of drug-likeness (QED) is 0.914. The monoisotopic (exact) mass is 360 g/mol. The number of benzene rings is 2. The summed E-state index contributed by atoms with van der Waals surface area (Å²) in [5.74, 6) is -2.14. The number of rotatable bonds is 3. The SMILES string of the molecule is O=C(Nc1ccc2c(c1)OCO2)C1CC(=O)N(c2ccc(F)c(F)c2)C1. The summed E-state index contributed by atoms with van der Waals surface area (Å²) in [7, 11) is 0. The van der Waals surface area contributed by atoms with Crippen LogP contribution in [0.5, 0.6) is 11.5 Å². The minimum absolute atomic E-state index is 0.00458. The molecular formula is C18H14F2N2O4. The Kier molecular flexibility index (Phi) is 3.95. The molecule has 1 fully saturated rings. The fourth-order valence-electron chi connectivity index (χ4n) is 3.00. The van der Waals surface area contributed by atoms with E-state index in [4.69, 9.17) is 9.47 Å². The second kappa shape index (κ2) is 6.29. The van der Waals surface area contributed by atoms with Crippen molar-refractivity contribution in [3.8, 4) is 11.5 Å². The molecule has 26 heavy (non-hydrogen) atoms. The molecule has 0 aliphatic carbocycles. The minimum Gasteiger partial charge on any atom is -0.454 e. The Bertz CT molecular complexity index is 903. The van der Waals surface area contributed by atoms with Gasteiger partial charge in [0.05, 0.1) is 5.92 Å². The van der Waals surface area contributed by atoms with Crippen molar-refractivity contribution in [2.24, 2.45) is 5.92 Å². The van der Waals surface area contributed by atoms with E-state index in [-0.39, 0.29) is 37.3 Å². The third-order valence-electron chi connectivity index (χ3n) is 4.35. The van der Waals surface area contributed by atoms with Crippen molar-refractivity contribution in [2.75, 3.05) is 23.6 Å². The second-order valence-electron chi connectivity index (χ2n) is 6.06. The first-order valence-corrected chi connectivity index (χ1v) is 7.97. The molecule has 1 atom stereocenters. The van der Waals surface area contributed by atoms with Crippen LogP contribution in [0, 0.1) is 17.6 Å². The van der Waals surface area contributed by atoms with Crippen molar-refractivity contribution in [2.45, 2.75) is 6.42 Å². The molecule has 0 aromatic heterocycles. The number of ether oxygens (including phenoxy) is 2. The molecule has 0 radical (unpaired) electrons. The van der Waals surface area contributed by atoms with Gasteiger partial charge in [-0.25, -0.2) is 8.78 Å². The lowest BCUT2D eigenvalue weighted by Crippen LogP contribution is -2.28. The number of carbonyl (C=O) groups excluding carboxylic acids is 2. The van der Waals surface area contributed by atoms with Crippen molar-refractivity contribution < 1.29 is 27.8 Å². The number of nitrogens with one attached hydrogen (secondary N) is 1. The van der Waals surface area contributed by atoms with Crippen molar-refractivity contribution in [3.05, 3.63) is 48.0 Å². The highest BCUT2D eigenvalue weighted by Gasteiger charge is 2.35. The van der Waals surface area contributed by atoms with Crippen molar-refractivity contribution in [3.63, 3.8) is 0 Å². The fourth-order valence-corrected chi connectivity index (χ4v) is 3.00. The van der Waals surface area contributed by atoms with E-state index in [2.05, 4.69) is 5.32 Å². The third-order valence-corrected chi connectivity index (χ3v) is 4.35. The summed E-state index contributed by atoms with van der Waals surface area (Å²) >= 11 is 0. The van der Waals surface area contributed by atoms with Crippen LogP contribution in [0.2, 0.25) is 0 Å². The second-order valence-corrected chi connectivity index (χ2v) is 6.06. The average Bonchev–Trinajstić information content (AvgIpc) is 3.23. The number of nitrogens with zero attached hydrogens (tertiary/aromatic N) is 1. The molecule has 0 saturated carbocycles. The Hall–Kier alpha value is -3.16. The van der Waals surface area contributed by atoms with Gasteiger partial charge in [-0.1, -0.05) is 0 Å². The Morgan fingerprint density at radius 2 is 1.88 bits per heavy atom. The molecule has 2 aromatic carbocycles. The Morgan fingerprint density at radius 1 is 1.08 bits per heavy atom. The molecule has 2 aliphatic heterocycles. The first-order valence-electron chi connectivity index (χ1n) is 7.97. The minimum atomic E-state index is -1.04. The average molecular weight is 360 g/mol. The topological polar surface area (TPSA) is 67.9 Å². The van der Waals surface area contributed by atoms with Crippen molar-refractivity contribution >= 4 is 23.2 Å². The van der Waals surface area contributed by atoms with E-state index < -0.39 is 17.6 Å². The van der Waals surface area contributed by atoms with Gasteiger partial charge in [0.2, 0.25) is 18.6 Å². The zero-order valence-corrected chi connectivity index (χ0v) is 13.5. The molecular weight excluding hydrogens is 346 g/mol. The van der Waals surface area contributed by atoms with Crippen LogP contribution in [0.1, 0.15) is 6.42 Å². The Balaban J connectivity index is 1.46. The molecule has 134 valence electrons. The maximum atomic E-state index is 13.4. The van der Waals surface area contributed by atoms with Crippen LogP contribution < -0.4 is 19.7 Å². The molecule has 2 amide bonds. The Morgan fingerprint density at radius 3 is 2.69 bits per heavy atom. The summed E-state index contributed by atoms with van der Waals surface area (Å²) in [6.45, 7) is 0.230. The van der Waals surface area contributed by atoms with Gasteiger partial charge in [-0.3, -0.25) is 9.59 Å². The zero-order valence-electron chi connectivity index (χ0n) is 13.5. The van der Waals surface area contributed by atoms with Gasteiger partial charge < -0.3 is 19.7 Å². The molecule has 4 rings (SSSR count). The van der Waals surface area contributed by atoms with E-state index in [9.17, 15) is 18.4 Å². The highest BCUT2D eigenvalue weighted by Crippen LogP contribution is 2.34. The predicted molar refractivity (Wildman–Crippen MR) is 88.0 cm³/mol. The van der Waals surface area contributed by atoms with Gasteiger partial charge >= 0.3 is 0 Å². The summed E-state index contributed by atoms with van der Waals surface area (Å²) in [4.78, 5) is 25.9. The summed E-state index contributed by atoms with van der Waals surface area (Å²) in [5.41, 5.74) is 0.755. The molecule has 6 nitrogen and oxygen atoms in total. The number of hydrogen-bond acceptors (Lipinski definition) is 4. The van der Waals surface area contributed by atoms with E-state index >= 15 is 0 Å². The first kappa shape index (κ1) is 16.3. The smallest absolute Gasteiger partial charge is 0.231 e. The maximum Gasteiger partial charge on any atom is 0.231 e. The van der Waals surface area contributed by atoms with Gasteiger partial charge in [0, 0.05) is 36.5 Å². The lowest BCUT2D eigenvalue weighted by molar-refractivity contribution is -0.122. The lowest BCUT2D eigenvalue weighted by atomic mass is 10.1. The number of amides is 2. The standard InChI is InChI=1S/C18H14F2N2O4/c19-13-3-2-12(7-14(13)20)22-8-10(5-17(22)23)18(24)21-11-1-4-15-16(6-11)26-9-25-15/h1-4,6-7,10H,5,8-9H2,(H,21,24). The van der Waals surface area contributed by atoms with Crippen LogP contribution in [0.4, 0.5) is 20.2 Å². The van der Waals surface area contributed by atoms with Crippen molar-refractivity contribution in [1.82, 2.24) is 0 Å². The van der Waals surface area contributed by atoms with Gasteiger partial charge in [-0.15, -0.1) is 0 Å². The molecule has 2 heterocycles. The summed E-state index contributed by atoms with van der Waals surface area (Å²) in [6.07, 6.45) is -0.00458. The highest BCUT2D eigenvalue weighted by atomic mass is 19.2. The number of carbonyl (C=O) groups is 2. The van der Waals surface area contributed by atoms with Crippen LogP contribution >= 0.6 is 0 Å². The maximum absolute atomic E-state index is 13.4. The summed E-state index contributed by atoms with van der Waals surface area (Å²) in [6, 6.07) is 8.22. The molecule has 0 spiro atoms. The van der Waals surface area contributed by atoms with Crippen LogP contribution in [0.15, 0.2) is 36.4 Å². The zero-order chi connectivity index (χ0) is 18.3. The van der Waals surface area contributed by atoms with Crippen molar-refractivity contribution in [1.29, 1.82) is 0 Å². The first-order chi connectivity index (χ1) is 12.5. The number of anilines is 2.